The monoisotopic (exact) mass is 253 g/mol. The van der Waals surface area contributed by atoms with Crippen LogP contribution in [0.25, 0.3) is 0 Å². The molecule has 0 bridgehead atoms. The van der Waals surface area contributed by atoms with E-state index in [1.807, 2.05) is 13.8 Å². The number of ether oxygens (including phenoxy) is 2. The molecule has 0 amide bonds. The van der Waals surface area contributed by atoms with Crippen molar-refractivity contribution in [2.75, 3.05) is 14.2 Å². The largest absolute Gasteiger partial charge is 0.490 e. The summed E-state index contributed by atoms with van der Waals surface area (Å²) in [6, 6.07) is 2.97. The SMILES string of the molecule is COC(=O)c1cc(C(C)C)cc([N+](=O)[O-])c1OC. The molecule has 0 saturated heterocycles. The molecule has 1 aromatic carbocycles. The van der Waals surface area contributed by atoms with Crippen LogP contribution >= 0.6 is 0 Å². The summed E-state index contributed by atoms with van der Waals surface area (Å²) < 4.78 is 9.56. The lowest BCUT2D eigenvalue weighted by atomic mass is 9.99. The molecule has 98 valence electrons. The molecule has 0 heterocycles. The second-order valence-electron chi connectivity index (χ2n) is 4.02. The van der Waals surface area contributed by atoms with E-state index < -0.39 is 10.9 Å². The molecule has 6 nitrogen and oxygen atoms in total. The molecule has 6 heteroatoms. The van der Waals surface area contributed by atoms with Gasteiger partial charge in [-0.3, -0.25) is 10.1 Å². The van der Waals surface area contributed by atoms with Crippen molar-refractivity contribution in [3.05, 3.63) is 33.4 Å². The number of nitro benzene ring substituents is 1. The zero-order valence-corrected chi connectivity index (χ0v) is 10.7. The number of methoxy groups -OCH3 is 2. The molecule has 0 saturated carbocycles. The van der Waals surface area contributed by atoms with Crippen molar-refractivity contribution in [2.24, 2.45) is 0 Å². The average molecular weight is 253 g/mol. The predicted molar refractivity (Wildman–Crippen MR) is 65.1 cm³/mol. The number of hydrogen-bond donors (Lipinski definition) is 0. The Morgan fingerprint density at radius 3 is 2.33 bits per heavy atom. The molecule has 0 spiro atoms. The van der Waals surface area contributed by atoms with E-state index in [1.54, 1.807) is 6.07 Å². The third-order valence-electron chi connectivity index (χ3n) is 2.56. The highest BCUT2D eigenvalue weighted by atomic mass is 16.6. The highest BCUT2D eigenvalue weighted by molar-refractivity contribution is 5.94. The average Bonchev–Trinajstić information content (AvgIpc) is 2.35. The molecule has 0 unspecified atom stereocenters. The fraction of sp³-hybridized carbons (Fsp3) is 0.417. The Bertz CT molecular complexity index is 482. The Kier molecular flexibility index (Phi) is 4.25. The maximum Gasteiger partial charge on any atom is 0.341 e. The minimum atomic E-state index is -0.655. The second-order valence-corrected chi connectivity index (χ2v) is 4.02. The van der Waals surface area contributed by atoms with Crippen molar-refractivity contribution in [3.63, 3.8) is 0 Å². The normalized spacial score (nSPS) is 10.3. The number of carbonyl (C=O) groups excluding carboxylic acids is 1. The Hall–Kier alpha value is -2.11. The molecule has 1 aromatic rings. The highest BCUT2D eigenvalue weighted by Crippen LogP contribution is 2.35. The summed E-state index contributed by atoms with van der Waals surface area (Å²) in [7, 11) is 2.50. The first kappa shape index (κ1) is 14.0. The van der Waals surface area contributed by atoms with Gasteiger partial charge in [0.15, 0.2) is 0 Å². The van der Waals surface area contributed by atoms with Gasteiger partial charge in [-0.2, -0.15) is 0 Å². The smallest absolute Gasteiger partial charge is 0.341 e. The van der Waals surface area contributed by atoms with Crippen molar-refractivity contribution in [1.82, 2.24) is 0 Å². The van der Waals surface area contributed by atoms with Gasteiger partial charge < -0.3 is 9.47 Å². The van der Waals surface area contributed by atoms with E-state index in [0.717, 1.165) is 0 Å². The fourth-order valence-electron chi connectivity index (χ4n) is 1.58. The van der Waals surface area contributed by atoms with Crippen molar-refractivity contribution >= 4 is 11.7 Å². The third kappa shape index (κ3) is 2.58. The number of benzene rings is 1. The molecule has 0 fully saturated rings. The van der Waals surface area contributed by atoms with Gasteiger partial charge >= 0.3 is 11.7 Å². The molecule has 0 atom stereocenters. The fourth-order valence-corrected chi connectivity index (χ4v) is 1.58. The number of hydrogen-bond acceptors (Lipinski definition) is 5. The Balaban J connectivity index is 3.55. The van der Waals surface area contributed by atoms with Crippen LogP contribution in [0.1, 0.15) is 35.7 Å². The molecule has 0 aliphatic carbocycles. The summed E-state index contributed by atoms with van der Waals surface area (Å²) in [5.74, 6) is -0.674. The van der Waals surface area contributed by atoms with Gasteiger partial charge in [0.1, 0.15) is 5.56 Å². The van der Waals surface area contributed by atoms with E-state index in [4.69, 9.17) is 4.74 Å². The lowest BCUT2D eigenvalue weighted by molar-refractivity contribution is -0.385. The Morgan fingerprint density at radius 1 is 1.33 bits per heavy atom. The van der Waals surface area contributed by atoms with E-state index in [1.165, 1.54) is 20.3 Å². The van der Waals surface area contributed by atoms with Crippen molar-refractivity contribution in [1.29, 1.82) is 0 Å². The molecule has 0 aliphatic rings. The lowest BCUT2D eigenvalue weighted by Crippen LogP contribution is -2.08. The molecule has 0 radical (unpaired) electrons. The van der Waals surface area contributed by atoms with Gasteiger partial charge in [0.25, 0.3) is 0 Å². The first-order valence-corrected chi connectivity index (χ1v) is 5.37. The van der Waals surface area contributed by atoms with Crippen LogP contribution in [0.3, 0.4) is 0 Å². The van der Waals surface area contributed by atoms with Crippen molar-refractivity contribution in [3.8, 4) is 5.75 Å². The van der Waals surface area contributed by atoms with Crippen LogP contribution in [0.4, 0.5) is 5.69 Å². The maximum atomic E-state index is 11.6. The number of esters is 1. The lowest BCUT2D eigenvalue weighted by Gasteiger charge is -2.11. The summed E-state index contributed by atoms with van der Waals surface area (Å²) in [6.45, 7) is 3.76. The van der Waals surface area contributed by atoms with Gasteiger partial charge in [0.05, 0.1) is 19.1 Å². The van der Waals surface area contributed by atoms with Crippen LogP contribution in [0.2, 0.25) is 0 Å². The van der Waals surface area contributed by atoms with E-state index in [9.17, 15) is 14.9 Å². The summed E-state index contributed by atoms with van der Waals surface area (Å²) in [5.41, 5.74) is 0.518. The van der Waals surface area contributed by atoms with E-state index in [0.29, 0.717) is 5.56 Å². The minimum absolute atomic E-state index is 0.0537. The van der Waals surface area contributed by atoms with Crippen LogP contribution in [0.15, 0.2) is 12.1 Å². The molecule has 0 N–H and O–H groups in total. The number of nitrogens with zero attached hydrogens (tertiary/aromatic N) is 1. The van der Waals surface area contributed by atoms with E-state index in [2.05, 4.69) is 4.74 Å². The molecule has 0 aromatic heterocycles. The summed E-state index contributed by atoms with van der Waals surface area (Å²) in [5, 5.41) is 11.0. The third-order valence-corrected chi connectivity index (χ3v) is 2.56. The van der Waals surface area contributed by atoms with E-state index >= 15 is 0 Å². The van der Waals surface area contributed by atoms with Gasteiger partial charge in [-0.25, -0.2) is 4.79 Å². The first-order chi connectivity index (χ1) is 8.42. The van der Waals surface area contributed by atoms with Gasteiger partial charge in [-0.1, -0.05) is 13.8 Å². The summed E-state index contributed by atoms with van der Waals surface area (Å²) in [4.78, 5) is 22.0. The van der Waals surface area contributed by atoms with Gasteiger partial charge in [0.2, 0.25) is 5.75 Å². The zero-order chi connectivity index (χ0) is 13.9. The van der Waals surface area contributed by atoms with Crippen LogP contribution in [0, 0.1) is 10.1 Å². The molecule has 1 rings (SSSR count). The number of nitro groups is 1. The summed E-state index contributed by atoms with van der Waals surface area (Å²) in [6.07, 6.45) is 0. The van der Waals surface area contributed by atoms with E-state index in [-0.39, 0.29) is 22.9 Å². The van der Waals surface area contributed by atoms with Crippen molar-refractivity contribution in [2.45, 2.75) is 19.8 Å². The number of rotatable bonds is 4. The van der Waals surface area contributed by atoms with Crippen molar-refractivity contribution < 1.29 is 19.2 Å². The van der Waals surface area contributed by atoms with Gasteiger partial charge in [-0.15, -0.1) is 0 Å². The maximum absolute atomic E-state index is 11.6. The Labute approximate surface area is 105 Å². The topological polar surface area (TPSA) is 78.7 Å². The van der Waals surface area contributed by atoms with Crippen LogP contribution in [0.5, 0.6) is 5.75 Å². The molecule has 18 heavy (non-hydrogen) atoms. The molecular formula is C12H15NO5. The first-order valence-electron chi connectivity index (χ1n) is 5.37. The van der Waals surface area contributed by atoms with Gasteiger partial charge in [-0.05, 0) is 17.5 Å². The zero-order valence-electron chi connectivity index (χ0n) is 10.7. The van der Waals surface area contributed by atoms with Crippen LogP contribution in [-0.4, -0.2) is 25.1 Å². The quantitative estimate of drug-likeness (QED) is 0.468. The molecule has 0 aliphatic heterocycles. The second kappa shape index (κ2) is 5.48. The highest BCUT2D eigenvalue weighted by Gasteiger charge is 2.25. The van der Waals surface area contributed by atoms with Crippen LogP contribution < -0.4 is 4.74 Å². The van der Waals surface area contributed by atoms with Gasteiger partial charge in [0, 0.05) is 6.07 Å². The standard InChI is InChI=1S/C12H15NO5/c1-7(2)8-5-9(12(14)18-4)11(17-3)10(6-8)13(15)16/h5-7H,1-4H3. The summed E-state index contributed by atoms with van der Waals surface area (Å²) >= 11 is 0. The molecular weight excluding hydrogens is 238 g/mol. The van der Waals surface area contributed by atoms with Crippen LogP contribution in [-0.2, 0) is 4.74 Å². The Morgan fingerprint density at radius 2 is 1.94 bits per heavy atom. The predicted octanol–water partition coefficient (Wildman–Crippen LogP) is 2.51. The number of carbonyl (C=O) groups is 1. The minimum Gasteiger partial charge on any atom is -0.490 e.